The molecule has 7 rings (SSSR count). The van der Waals surface area contributed by atoms with Gasteiger partial charge in [0.15, 0.2) is 0 Å². The Morgan fingerprint density at radius 2 is 1.38 bits per heavy atom. The summed E-state index contributed by atoms with van der Waals surface area (Å²) < 4.78 is 7.58. The Bertz CT molecular complexity index is 2070. The predicted molar refractivity (Wildman–Crippen MR) is 173 cm³/mol. The Kier molecular flexibility index (Phi) is 8.48. The Morgan fingerprint density at radius 3 is 2.05 bits per heavy atom. The van der Waals surface area contributed by atoms with Gasteiger partial charge in [0.1, 0.15) is 5.58 Å². The Balaban J connectivity index is 0.000000189. The van der Waals surface area contributed by atoms with E-state index in [4.69, 9.17) is 4.42 Å². The molecule has 0 aliphatic carbocycles. The van der Waals surface area contributed by atoms with Crippen molar-refractivity contribution in [1.82, 2.24) is 9.97 Å². The molecular weight excluding hydrogens is 713 g/mol. The van der Waals surface area contributed by atoms with E-state index in [-0.39, 0.29) is 20.1 Å². The van der Waals surface area contributed by atoms with Crippen LogP contribution in [0.15, 0.2) is 71.4 Å². The van der Waals surface area contributed by atoms with Crippen molar-refractivity contribution in [3.05, 3.63) is 117 Å². The molecule has 0 saturated carbocycles. The minimum absolute atomic E-state index is 0. The topological polar surface area (TPSA) is 38.9 Å². The fraction of sp³-hybridized carbons (Fsp3) is 0.189. The minimum Gasteiger partial charge on any atom is -0.501 e. The normalized spacial score (nSPS) is 11.0. The zero-order valence-corrected chi connectivity index (χ0v) is 28.1. The summed E-state index contributed by atoms with van der Waals surface area (Å²) in [7, 11) is 0. The third kappa shape index (κ3) is 5.57. The van der Waals surface area contributed by atoms with Gasteiger partial charge in [0.05, 0.1) is 5.58 Å². The number of benzene rings is 3. The van der Waals surface area contributed by atoms with Crippen molar-refractivity contribution in [2.24, 2.45) is 0 Å². The van der Waals surface area contributed by atoms with Gasteiger partial charge in [0, 0.05) is 47.5 Å². The minimum atomic E-state index is 0. The van der Waals surface area contributed by atoms with Crippen LogP contribution in [0, 0.1) is 60.6 Å². The molecule has 7 aromatic rings. The van der Waals surface area contributed by atoms with E-state index in [0.29, 0.717) is 0 Å². The van der Waals surface area contributed by atoms with Crippen molar-refractivity contribution < 1.29 is 24.5 Å². The van der Waals surface area contributed by atoms with E-state index in [1.807, 2.05) is 35.9 Å². The average Bonchev–Trinajstić information content (AvgIpc) is 3.46. The number of furan rings is 1. The van der Waals surface area contributed by atoms with Gasteiger partial charge in [-0.15, -0.1) is 64.9 Å². The molecule has 3 aromatic carbocycles. The number of nitrogens with zero attached hydrogens (tertiary/aromatic N) is 2. The van der Waals surface area contributed by atoms with Gasteiger partial charge >= 0.3 is 0 Å². The summed E-state index contributed by atoms with van der Waals surface area (Å²) in [5.74, 6) is 0. The van der Waals surface area contributed by atoms with Crippen molar-refractivity contribution in [3.63, 3.8) is 0 Å². The molecular formula is C37H32IrN2OS-2. The summed E-state index contributed by atoms with van der Waals surface area (Å²) >= 11 is 1.83. The van der Waals surface area contributed by atoms with E-state index >= 15 is 0 Å². The molecule has 0 saturated heterocycles. The van der Waals surface area contributed by atoms with Gasteiger partial charge in [0.2, 0.25) is 0 Å². The summed E-state index contributed by atoms with van der Waals surface area (Å²) in [6.07, 6.45) is 3.83. The summed E-state index contributed by atoms with van der Waals surface area (Å²) in [5.41, 5.74) is 13.2. The largest absolute Gasteiger partial charge is 0.501 e. The average molecular weight is 745 g/mol. The molecule has 4 heterocycles. The number of hydrogen-bond donors (Lipinski definition) is 0. The number of pyridine rings is 2. The van der Waals surface area contributed by atoms with Crippen LogP contribution in [0.2, 0.25) is 0 Å². The van der Waals surface area contributed by atoms with Gasteiger partial charge in [-0.1, -0.05) is 41.1 Å². The number of hydrogen-bond acceptors (Lipinski definition) is 4. The van der Waals surface area contributed by atoms with Gasteiger partial charge in [-0.05, 0) is 87.1 Å². The Morgan fingerprint density at radius 1 is 0.690 bits per heavy atom. The van der Waals surface area contributed by atoms with Crippen LogP contribution in [0.3, 0.4) is 0 Å². The van der Waals surface area contributed by atoms with Crippen LogP contribution in [-0.4, -0.2) is 9.97 Å². The van der Waals surface area contributed by atoms with Gasteiger partial charge in [0.25, 0.3) is 0 Å². The molecule has 0 spiro atoms. The van der Waals surface area contributed by atoms with Crippen molar-refractivity contribution in [2.75, 3.05) is 0 Å². The third-order valence-corrected chi connectivity index (χ3v) is 9.14. The molecule has 0 atom stereocenters. The van der Waals surface area contributed by atoms with Crippen LogP contribution in [0.4, 0.5) is 0 Å². The van der Waals surface area contributed by atoms with Crippen LogP contribution >= 0.6 is 11.3 Å². The maximum absolute atomic E-state index is 6.30. The van der Waals surface area contributed by atoms with Gasteiger partial charge in [-0.2, -0.15) is 0 Å². The summed E-state index contributed by atoms with van der Waals surface area (Å²) in [5, 5.41) is 3.60. The van der Waals surface area contributed by atoms with E-state index in [0.717, 1.165) is 44.5 Å². The molecule has 0 aliphatic rings. The van der Waals surface area contributed by atoms with E-state index in [2.05, 4.69) is 113 Å². The maximum atomic E-state index is 6.30. The molecule has 0 aliphatic heterocycles. The third-order valence-electron chi connectivity index (χ3n) is 7.97. The summed E-state index contributed by atoms with van der Waals surface area (Å²) in [6, 6.07) is 25.4. The zero-order chi connectivity index (χ0) is 28.8. The maximum Gasteiger partial charge on any atom is 0.122 e. The van der Waals surface area contributed by atoms with Crippen LogP contribution in [-0.2, 0) is 20.1 Å². The Labute approximate surface area is 265 Å². The van der Waals surface area contributed by atoms with E-state index in [9.17, 15) is 0 Å². The summed E-state index contributed by atoms with van der Waals surface area (Å²) in [4.78, 5) is 10.4. The number of thiophene rings is 1. The van der Waals surface area contributed by atoms with E-state index in [1.54, 1.807) is 0 Å². The molecule has 213 valence electrons. The molecule has 0 fully saturated rings. The quantitative estimate of drug-likeness (QED) is 0.166. The molecule has 0 N–H and O–H groups in total. The van der Waals surface area contributed by atoms with E-state index in [1.165, 1.54) is 48.3 Å². The molecule has 0 unspecified atom stereocenters. The zero-order valence-electron chi connectivity index (χ0n) is 24.9. The Hall–Kier alpha value is -3.63. The van der Waals surface area contributed by atoms with Crippen molar-refractivity contribution in [3.8, 4) is 22.5 Å². The van der Waals surface area contributed by atoms with Crippen molar-refractivity contribution >= 4 is 43.4 Å². The number of fused-ring (bicyclic) bond motifs is 4. The number of aromatic nitrogens is 2. The first-order chi connectivity index (χ1) is 19.7. The second-order valence-electron chi connectivity index (χ2n) is 10.9. The summed E-state index contributed by atoms with van der Waals surface area (Å²) in [6.45, 7) is 14.8. The predicted octanol–water partition coefficient (Wildman–Crippen LogP) is 10.4. The number of aryl methyl sites for hydroxylation is 7. The smallest absolute Gasteiger partial charge is 0.122 e. The van der Waals surface area contributed by atoms with Crippen LogP contribution < -0.4 is 0 Å². The molecule has 0 amide bonds. The van der Waals surface area contributed by atoms with Gasteiger partial charge in [-0.3, -0.25) is 0 Å². The van der Waals surface area contributed by atoms with Crippen molar-refractivity contribution in [1.29, 1.82) is 0 Å². The second-order valence-corrected chi connectivity index (χ2v) is 12.2. The second kappa shape index (κ2) is 11.9. The molecule has 1 radical (unpaired) electrons. The standard InChI is InChI=1S/C23H18NOS.C14H14N.Ir/c1-12-8-20(24-11-13(12)2)17-7-5-6-16-19-9-18-14(3)15(4)26-22(18)10-21(19)25-23(16)17;1-10-4-6-13(7-5-10)14-8-11(2)12(3)9-15-14;/h5-6,8-11H,1-4H3;4-6,8-9H,1-3H3;/q2*-1;. The molecule has 42 heavy (non-hydrogen) atoms. The van der Waals surface area contributed by atoms with Gasteiger partial charge < -0.3 is 14.4 Å². The van der Waals surface area contributed by atoms with Gasteiger partial charge in [-0.25, -0.2) is 0 Å². The van der Waals surface area contributed by atoms with E-state index < -0.39 is 0 Å². The first-order valence-electron chi connectivity index (χ1n) is 13.8. The molecule has 5 heteroatoms. The first kappa shape index (κ1) is 29.8. The first-order valence-corrected chi connectivity index (χ1v) is 14.6. The SMILES string of the molecule is Cc1c[c-]c(-c2cc(C)c(C)cn2)cc1.Cc1cnc(-c2[c-]ccc3c2oc2cc4sc(C)c(C)c4cc23)cc1C.[Ir]. The monoisotopic (exact) mass is 745 g/mol. The van der Waals surface area contributed by atoms with Crippen LogP contribution in [0.25, 0.3) is 54.5 Å². The van der Waals surface area contributed by atoms with Crippen LogP contribution in [0.5, 0.6) is 0 Å². The fourth-order valence-electron chi connectivity index (χ4n) is 4.96. The van der Waals surface area contributed by atoms with Crippen molar-refractivity contribution in [2.45, 2.75) is 48.5 Å². The van der Waals surface area contributed by atoms with Crippen LogP contribution in [0.1, 0.15) is 38.3 Å². The molecule has 3 nitrogen and oxygen atoms in total. The fourth-order valence-corrected chi connectivity index (χ4v) is 6.04. The number of rotatable bonds is 2. The molecule has 0 bridgehead atoms. The molecule has 4 aromatic heterocycles.